The summed E-state index contributed by atoms with van der Waals surface area (Å²) in [6.45, 7) is 0.463. The second-order valence-electron chi connectivity index (χ2n) is 4.53. The van der Waals surface area contributed by atoms with E-state index in [2.05, 4.69) is 21.2 Å². The number of amides is 1. The Morgan fingerprint density at radius 3 is 2.61 bits per heavy atom. The number of hydrogen-bond donors (Lipinski definition) is 1. The molecule has 1 amide bonds. The van der Waals surface area contributed by atoms with Crippen molar-refractivity contribution >= 4 is 39.3 Å². The monoisotopic (exact) mass is 401 g/mol. The molecule has 0 aromatic heterocycles. The van der Waals surface area contributed by atoms with E-state index in [0.717, 1.165) is 22.4 Å². The van der Waals surface area contributed by atoms with Crippen LogP contribution in [-0.2, 0) is 4.79 Å². The summed E-state index contributed by atoms with van der Waals surface area (Å²) in [5, 5.41) is 2.40. The maximum atomic E-state index is 13.4. The van der Waals surface area contributed by atoms with Gasteiger partial charge in [-0.1, -0.05) is 15.9 Å². The van der Waals surface area contributed by atoms with Gasteiger partial charge in [0.2, 0.25) is 5.91 Å². The van der Waals surface area contributed by atoms with Crippen LogP contribution >= 0.6 is 27.7 Å². The van der Waals surface area contributed by atoms with E-state index in [1.165, 1.54) is 17.8 Å². The first-order valence-electron chi connectivity index (χ1n) is 6.75. The number of hydrogen-bond acceptors (Lipinski definition) is 3. The van der Waals surface area contributed by atoms with E-state index in [4.69, 9.17) is 4.74 Å². The molecule has 1 N–H and O–H groups in total. The number of thioether (sulfide) groups is 1. The molecule has 2 aromatic rings. The molecule has 0 aliphatic rings. The van der Waals surface area contributed by atoms with Crippen LogP contribution in [0.3, 0.4) is 0 Å². The van der Waals surface area contributed by atoms with Gasteiger partial charge in [0.1, 0.15) is 17.4 Å². The van der Waals surface area contributed by atoms with Crippen molar-refractivity contribution in [3.05, 3.63) is 58.6 Å². The highest BCUT2D eigenvalue weighted by Gasteiger charge is 2.08. The number of benzene rings is 2. The Morgan fingerprint density at radius 2 is 1.91 bits per heavy atom. The Kier molecular flexibility index (Phi) is 6.85. The average molecular weight is 402 g/mol. The zero-order valence-electron chi connectivity index (χ0n) is 12.0. The van der Waals surface area contributed by atoms with Gasteiger partial charge in [0, 0.05) is 16.3 Å². The van der Waals surface area contributed by atoms with Crippen LogP contribution in [0, 0.1) is 11.6 Å². The molecule has 0 saturated heterocycles. The third-order valence-corrected chi connectivity index (χ3v) is 4.20. The third kappa shape index (κ3) is 6.19. The van der Waals surface area contributed by atoms with Gasteiger partial charge in [-0.05, 0) is 36.4 Å². The van der Waals surface area contributed by atoms with Gasteiger partial charge in [0.25, 0.3) is 0 Å². The van der Waals surface area contributed by atoms with Crippen LogP contribution in [-0.4, -0.2) is 24.0 Å². The minimum Gasteiger partial charge on any atom is -0.493 e. The molecule has 0 unspecified atom stereocenters. The Morgan fingerprint density at radius 1 is 1.17 bits per heavy atom. The largest absolute Gasteiger partial charge is 0.493 e. The Bertz CT molecular complexity index is 668. The van der Waals surface area contributed by atoms with Crippen LogP contribution in [0.5, 0.6) is 5.75 Å². The number of halogens is 3. The molecule has 3 nitrogen and oxygen atoms in total. The summed E-state index contributed by atoms with van der Waals surface area (Å²) in [6.07, 6.45) is 0. The first-order valence-corrected chi connectivity index (χ1v) is 8.70. The Hall–Kier alpha value is -1.60. The first kappa shape index (κ1) is 17.7. The summed E-state index contributed by atoms with van der Waals surface area (Å²) in [6, 6.07) is 10.5. The molecule has 7 heteroatoms. The molecular weight excluding hydrogens is 388 g/mol. The lowest BCUT2D eigenvalue weighted by molar-refractivity contribution is -0.113. The minimum absolute atomic E-state index is 0.0249. The summed E-state index contributed by atoms with van der Waals surface area (Å²) < 4.78 is 32.6. The number of nitrogens with one attached hydrogen (secondary N) is 1. The quantitative estimate of drug-likeness (QED) is 0.695. The average Bonchev–Trinajstić information content (AvgIpc) is 2.51. The van der Waals surface area contributed by atoms with Crippen LogP contribution in [0.25, 0.3) is 0 Å². The highest BCUT2D eigenvalue weighted by molar-refractivity contribution is 9.10. The highest BCUT2D eigenvalue weighted by atomic mass is 79.9. The molecule has 0 heterocycles. The molecule has 0 saturated carbocycles. The van der Waals surface area contributed by atoms with Crippen LogP contribution in [0.1, 0.15) is 0 Å². The van der Waals surface area contributed by atoms with Crippen molar-refractivity contribution in [2.45, 2.75) is 0 Å². The number of carbonyl (C=O) groups excluding carboxylic acids is 1. The standard InChI is InChI=1S/C16H14BrF2NO2S/c17-11-1-4-13(5-2-11)22-7-8-23-10-16(21)20-15-6-3-12(18)9-14(15)19/h1-6,9H,7-8,10H2,(H,20,21). The third-order valence-electron chi connectivity index (χ3n) is 2.75. The molecular formula is C16H14BrF2NO2S. The SMILES string of the molecule is O=C(CSCCOc1ccc(Br)cc1)Nc1ccc(F)cc1F. The predicted octanol–water partition coefficient (Wildman–Crippen LogP) is 4.48. The summed E-state index contributed by atoms with van der Waals surface area (Å²) in [7, 11) is 0. The van der Waals surface area contributed by atoms with Crippen molar-refractivity contribution in [1.29, 1.82) is 0 Å². The van der Waals surface area contributed by atoms with Crippen molar-refractivity contribution in [2.75, 3.05) is 23.4 Å². The topological polar surface area (TPSA) is 38.3 Å². The smallest absolute Gasteiger partial charge is 0.234 e. The minimum atomic E-state index is -0.790. The predicted molar refractivity (Wildman–Crippen MR) is 91.9 cm³/mol. The molecule has 0 aliphatic carbocycles. The van der Waals surface area contributed by atoms with E-state index < -0.39 is 11.6 Å². The zero-order valence-corrected chi connectivity index (χ0v) is 14.4. The molecule has 2 aromatic carbocycles. The molecule has 0 spiro atoms. The van der Waals surface area contributed by atoms with Crippen LogP contribution < -0.4 is 10.1 Å². The molecule has 0 fully saturated rings. The van der Waals surface area contributed by atoms with Gasteiger partial charge < -0.3 is 10.1 Å². The molecule has 0 aliphatic heterocycles. The molecule has 2 rings (SSSR count). The summed E-state index contributed by atoms with van der Waals surface area (Å²) in [5.74, 6) is -0.270. The van der Waals surface area contributed by atoms with Crippen molar-refractivity contribution < 1.29 is 18.3 Å². The van der Waals surface area contributed by atoms with Gasteiger partial charge in [-0.15, -0.1) is 11.8 Å². The van der Waals surface area contributed by atoms with Gasteiger partial charge in [-0.3, -0.25) is 4.79 Å². The Balaban J connectivity index is 1.65. The summed E-state index contributed by atoms with van der Waals surface area (Å²) in [4.78, 5) is 11.7. The van der Waals surface area contributed by atoms with E-state index in [9.17, 15) is 13.6 Å². The number of carbonyl (C=O) groups is 1. The van der Waals surface area contributed by atoms with Crippen LogP contribution in [0.15, 0.2) is 46.9 Å². The molecule has 23 heavy (non-hydrogen) atoms. The second-order valence-corrected chi connectivity index (χ2v) is 6.55. The summed E-state index contributed by atoms with van der Waals surface area (Å²) in [5.41, 5.74) is -0.0249. The van der Waals surface area contributed by atoms with Gasteiger partial charge in [0.15, 0.2) is 0 Å². The van der Waals surface area contributed by atoms with E-state index in [1.54, 1.807) is 0 Å². The van der Waals surface area contributed by atoms with E-state index in [-0.39, 0.29) is 17.3 Å². The van der Waals surface area contributed by atoms with Crippen LogP contribution in [0.4, 0.5) is 14.5 Å². The number of rotatable bonds is 7. The lowest BCUT2D eigenvalue weighted by Gasteiger charge is -2.07. The zero-order chi connectivity index (χ0) is 16.7. The van der Waals surface area contributed by atoms with Crippen molar-refractivity contribution in [2.24, 2.45) is 0 Å². The number of ether oxygens (including phenoxy) is 1. The summed E-state index contributed by atoms with van der Waals surface area (Å²) >= 11 is 4.71. The number of anilines is 1. The van der Waals surface area contributed by atoms with Gasteiger partial charge >= 0.3 is 0 Å². The molecule has 0 radical (unpaired) electrons. The van der Waals surface area contributed by atoms with Gasteiger partial charge in [0.05, 0.1) is 18.0 Å². The van der Waals surface area contributed by atoms with Crippen molar-refractivity contribution in [1.82, 2.24) is 0 Å². The fourth-order valence-electron chi connectivity index (χ4n) is 1.69. The lowest BCUT2D eigenvalue weighted by Crippen LogP contribution is -2.16. The van der Waals surface area contributed by atoms with E-state index in [0.29, 0.717) is 12.4 Å². The Labute approximate surface area is 145 Å². The van der Waals surface area contributed by atoms with E-state index in [1.807, 2.05) is 24.3 Å². The van der Waals surface area contributed by atoms with E-state index >= 15 is 0 Å². The first-order chi connectivity index (χ1) is 11.0. The highest BCUT2D eigenvalue weighted by Crippen LogP contribution is 2.17. The van der Waals surface area contributed by atoms with Crippen molar-refractivity contribution in [3.8, 4) is 5.75 Å². The maximum Gasteiger partial charge on any atom is 0.234 e. The van der Waals surface area contributed by atoms with Gasteiger partial charge in [-0.2, -0.15) is 0 Å². The van der Waals surface area contributed by atoms with Crippen molar-refractivity contribution in [3.63, 3.8) is 0 Å². The van der Waals surface area contributed by atoms with Gasteiger partial charge in [-0.25, -0.2) is 8.78 Å². The second kappa shape index (κ2) is 8.88. The lowest BCUT2D eigenvalue weighted by atomic mass is 10.3. The van der Waals surface area contributed by atoms with Crippen LogP contribution in [0.2, 0.25) is 0 Å². The molecule has 0 bridgehead atoms. The maximum absolute atomic E-state index is 13.4. The normalized spacial score (nSPS) is 10.4. The fourth-order valence-corrected chi connectivity index (χ4v) is 2.56. The molecule has 122 valence electrons. The molecule has 0 atom stereocenters. The fraction of sp³-hybridized carbons (Fsp3) is 0.188.